The maximum atomic E-state index is 13.0. The third-order valence-electron chi connectivity index (χ3n) is 3.97. The molecule has 0 radical (unpaired) electrons. The molecule has 2 unspecified atom stereocenters. The number of hydrogen-bond acceptors (Lipinski definition) is 5. The van der Waals surface area contributed by atoms with Crippen molar-refractivity contribution in [1.29, 1.82) is 5.26 Å². The summed E-state index contributed by atoms with van der Waals surface area (Å²) in [5, 5.41) is 18.9. The molecule has 0 saturated carbocycles. The summed E-state index contributed by atoms with van der Waals surface area (Å²) in [7, 11) is 0. The van der Waals surface area contributed by atoms with Crippen LogP contribution in [0.1, 0.15) is 24.5 Å². The fraction of sp³-hybridized carbons (Fsp3) is 0.500. The highest BCUT2D eigenvalue weighted by atomic mass is 19.4. The molecule has 1 aromatic carbocycles. The van der Waals surface area contributed by atoms with E-state index in [-0.39, 0.29) is 25.3 Å². The van der Waals surface area contributed by atoms with Gasteiger partial charge in [0.2, 0.25) is 0 Å². The van der Waals surface area contributed by atoms with Crippen LogP contribution < -0.4 is 4.90 Å². The zero-order valence-corrected chi connectivity index (χ0v) is 13.0. The number of β-amino-alcohol motifs (C(OH)–C–C–N with tert-alkyl or cyclic N) is 1. The first-order valence-corrected chi connectivity index (χ1v) is 7.49. The molecule has 0 spiro atoms. The molecule has 8 heteroatoms. The number of alkyl halides is 3. The fourth-order valence-electron chi connectivity index (χ4n) is 2.75. The minimum absolute atomic E-state index is 0.0205. The quantitative estimate of drug-likeness (QED) is 0.854. The molecule has 0 amide bonds. The molecule has 0 aliphatic carbocycles. The minimum Gasteiger partial charge on any atom is -0.466 e. The Morgan fingerprint density at radius 3 is 2.75 bits per heavy atom. The number of ether oxygens (including phenoxy) is 1. The lowest BCUT2D eigenvalue weighted by Gasteiger charge is -2.36. The summed E-state index contributed by atoms with van der Waals surface area (Å²) < 4.78 is 44.0. The van der Waals surface area contributed by atoms with Gasteiger partial charge >= 0.3 is 12.1 Å². The number of hydrogen-bond donors (Lipinski definition) is 1. The first kappa shape index (κ1) is 18.1. The van der Waals surface area contributed by atoms with E-state index in [4.69, 9.17) is 10.00 Å². The van der Waals surface area contributed by atoms with Crippen molar-refractivity contribution < 1.29 is 27.8 Å². The van der Waals surface area contributed by atoms with E-state index in [0.29, 0.717) is 6.54 Å². The van der Waals surface area contributed by atoms with Gasteiger partial charge in [0.05, 0.1) is 35.8 Å². The lowest BCUT2D eigenvalue weighted by atomic mass is 9.93. The van der Waals surface area contributed by atoms with E-state index in [1.165, 1.54) is 12.1 Å². The number of rotatable bonds is 3. The number of benzene rings is 1. The van der Waals surface area contributed by atoms with Crippen LogP contribution in [0.2, 0.25) is 0 Å². The molecule has 0 bridgehead atoms. The van der Waals surface area contributed by atoms with Gasteiger partial charge in [-0.05, 0) is 31.5 Å². The van der Waals surface area contributed by atoms with Crippen molar-refractivity contribution in [3.05, 3.63) is 29.3 Å². The van der Waals surface area contributed by atoms with Crippen molar-refractivity contribution in [2.75, 3.05) is 24.6 Å². The highest BCUT2D eigenvalue weighted by molar-refractivity contribution is 5.73. The average molecular weight is 342 g/mol. The average Bonchev–Trinajstić information content (AvgIpc) is 2.53. The molecule has 1 aliphatic heterocycles. The number of halogens is 3. The van der Waals surface area contributed by atoms with Crippen molar-refractivity contribution in [3.8, 4) is 6.07 Å². The molecule has 1 fully saturated rings. The van der Waals surface area contributed by atoms with E-state index in [0.717, 1.165) is 12.1 Å². The zero-order valence-electron chi connectivity index (χ0n) is 13.0. The van der Waals surface area contributed by atoms with Crippen LogP contribution in [-0.4, -0.2) is 36.9 Å². The van der Waals surface area contributed by atoms with Gasteiger partial charge in [0, 0.05) is 18.8 Å². The molecule has 1 aliphatic rings. The molecule has 1 N–H and O–H groups in total. The van der Waals surface area contributed by atoms with Gasteiger partial charge in [-0.25, -0.2) is 0 Å². The van der Waals surface area contributed by atoms with Gasteiger partial charge in [-0.2, -0.15) is 18.4 Å². The Morgan fingerprint density at radius 1 is 1.50 bits per heavy atom. The van der Waals surface area contributed by atoms with Gasteiger partial charge in [-0.1, -0.05) is 0 Å². The lowest BCUT2D eigenvalue weighted by Crippen LogP contribution is -2.47. The topological polar surface area (TPSA) is 73.6 Å². The van der Waals surface area contributed by atoms with Crippen molar-refractivity contribution in [2.24, 2.45) is 5.92 Å². The summed E-state index contributed by atoms with van der Waals surface area (Å²) in [5.41, 5.74) is -1.21. The Bertz CT molecular complexity index is 655. The molecule has 130 valence electrons. The third-order valence-corrected chi connectivity index (χ3v) is 3.97. The maximum absolute atomic E-state index is 13.0. The van der Waals surface area contributed by atoms with Gasteiger partial charge in [-0.3, -0.25) is 4.79 Å². The van der Waals surface area contributed by atoms with Crippen LogP contribution in [0, 0.1) is 17.2 Å². The first-order chi connectivity index (χ1) is 11.3. The van der Waals surface area contributed by atoms with Gasteiger partial charge in [0.1, 0.15) is 0 Å². The van der Waals surface area contributed by atoms with Gasteiger partial charge < -0.3 is 14.7 Å². The number of carbonyl (C=O) groups is 1. The highest BCUT2D eigenvalue weighted by Gasteiger charge is 2.37. The van der Waals surface area contributed by atoms with Crippen molar-refractivity contribution >= 4 is 11.7 Å². The van der Waals surface area contributed by atoms with E-state index in [1.807, 2.05) is 0 Å². The summed E-state index contributed by atoms with van der Waals surface area (Å²) in [6, 6.07) is 4.95. The summed E-state index contributed by atoms with van der Waals surface area (Å²) in [6.07, 6.45) is -5.38. The molecule has 1 saturated heterocycles. The van der Waals surface area contributed by atoms with Crippen molar-refractivity contribution in [2.45, 2.75) is 25.6 Å². The van der Waals surface area contributed by atoms with Crippen LogP contribution in [-0.2, 0) is 15.7 Å². The van der Waals surface area contributed by atoms with Gasteiger partial charge in [0.15, 0.2) is 0 Å². The SMILES string of the molecule is CCOC(=O)C1CCN(c2ccc(C#N)c(C(F)(F)F)c2)CC1O. The monoisotopic (exact) mass is 342 g/mol. The van der Waals surface area contributed by atoms with Crippen LogP contribution >= 0.6 is 0 Å². The van der Waals surface area contributed by atoms with Crippen LogP contribution in [0.5, 0.6) is 0 Å². The maximum Gasteiger partial charge on any atom is 0.417 e. The summed E-state index contributed by atoms with van der Waals surface area (Å²) >= 11 is 0. The van der Waals surface area contributed by atoms with Gasteiger partial charge in [-0.15, -0.1) is 0 Å². The summed E-state index contributed by atoms with van der Waals surface area (Å²) in [4.78, 5) is 13.3. The van der Waals surface area contributed by atoms with E-state index in [2.05, 4.69) is 0 Å². The molecule has 2 atom stereocenters. The number of esters is 1. The minimum atomic E-state index is -4.64. The highest BCUT2D eigenvalue weighted by Crippen LogP contribution is 2.35. The molecule has 5 nitrogen and oxygen atoms in total. The predicted molar refractivity (Wildman–Crippen MR) is 79.1 cm³/mol. The van der Waals surface area contributed by atoms with E-state index >= 15 is 0 Å². The van der Waals surface area contributed by atoms with E-state index in [1.54, 1.807) is 11.8 Å². The number of carbonyl (C=O) groups excluding carboxylic acids is 1. The largest absolute Gasteiger partial charge is 0.466 e. The zero-order chi connectivity index (χ0) is 17.9. The molecule has 1 aromatic rings. The second-order valence-electron chi connectivity index (χ2n) is 5.50. The predicted octanol–water partition coefficient (Wildman–Crippen LogP) is 2.33. The second-order valence-corrected chi connectivity index (χ2v) is 5.50. The second kappa shape index (κ2) is 7.09. The van der Waals surface area contributed by atoms with Crippen molar-refractivity contribution in [3.63, 3.8) is 0 Å². The normalized spacial score (nSPS) is 21.2. The number of nitriles is 1. The molecule has 2 rings (SSSR count). The first-order valence-electron chi connectivity index (χ1n) is 7.49. The smallest absolute Gasteiger partial charge is 0.417 e. The molecular weight excluding hydrogens is 325 g/mol. The number of nitrogens with zero attached hydrogens (tertiary/aromatic N) is 2. The summed E-state index contributed by atoms with van der Waals surface area (Å²) in [6.45, 7) is 2.20. The third kappa shape index (κ3) is 3.79. The molecule has 0 aromatic heterocycles. The van der Waals surface area contributed by atoms with Crippen LogP contribution in [0.4, 0.5) is 18.9 Å². The van der Waals surface area contributed by atoms with Crippen LogP contribution in [0.3, 0.4) is 0 Å². The fourth-order valence-corrected chi connectivity index (χ4v) is 2.75. The Morgan fingerprint density at radius 2 is 2.21 bits per heavy atom. The molecule has 24 heavy (non-hydrogen) atoms. The molecular formula is C16H17F3N2O3. The van der Waals surface area contributed by atoms with Crippen LogP contribution in [0.25, 0.3) is 0 Å². The van der Waals surface area contributed by atoms with E-state index in [9.17, 15) is 23.1 Å². The van der Waals surface area contributed by atoms with Crippen LogP contribution in [0.15, 0.2) is 18.2 Å². The molecule has 1 heterocycles. The number of aliphatic hydroxyl groups is 1. The Labute approximate surface area is 137 Å². The Hall–Kier alpha value is -2.27. The number of anilines is 1. The number of aliphatic hydroxyl groups excluding tert-OH is 1. The summed E-state index contributed by atoms with van der Waals surface area (Å²) in [5.74, 6) is -1.18. The van der Waals surface area contributed by atoms with E-state index < -0.39 is 35.3 Å². The Kier molecular flexibility index (Phi) is 5.34. The van der Waals surface area contributed by atoms with Crippen molar-refractivity contribution in [1.82, 2.24) is 0 Å². The number of piperidine rings is 1. The Balaban J connectivity index is 2.20. The standard InChI is InChI=1S/C16H17F3N2O3/c1-2-24-15(23)12-5-6-21(9-14(12)22)11-4-3-10(8-20)13(7-11)16(17,18)19/h3-4,7,12,14,22H,2,5-6,9H2,1H3. The van der Waals surface area contributed by atoms with Gasteiger partial charge in [0.25, 0.3) is 0 Å². The lowest BCUT2D eigenvalue weighted by molar-refractivity contribution is -0.152.